The van der Waals surface area contributed by atoms with Crippen LogP contribution in [0.3, 0.4) is 0 Å². The van der Waals surface area contributed by atoms with E-state index in [2.05, 4.69) is 18.8 Å². The first kappa shape index (κ1) is 20.1. The number of aromatic nitrogens is 2. The first-order chi connectivity index (χ1) is 11.5. The Morgan fingerprint density at radius 3 is 2.64 bits per heavy atom. The molecule has 3 atom stereocenters. The van der Waals surface area contributed by atoms with Gasteiger partial charge in [-0.3, -0.25) is 14.3 Å². The van der Waals surface area contributed by atoms with Crippen LogP contribution in [0, 0.1) is 5.92 Å². The summed E-state index contributed by atoms with van der Waals surface area (Å²) < 4.78 is 13.6. The monoisotopic (exact) mass is 369 g/mol. The first-order valence-corrected chi connectivity index (χ1v) is 11.1. The number of rotatable bonds is 6. The predicted molar refractivity (Wildman–Crippen MR) is 97.1 cm³/mol. The second-order valence-corrected chi connectivity index (χ2v) is 10.5. The highest BCUT2D eigenvalue weighted by molar-refractivity contribution is 6.58. The molecule has 1 aromatic rings. The molecule has 7 nitrogen and oxygen atoms in total. The Bertz CT molecular complexity index is 711. The van der Waals surface area contributed by atoms with E-state index in [1.807, 2.05) is 26.9 Å². The van der Waals surface area contributed by atoms with Crippen LogP contribution in [-0.2, 0) is 14.8 Å². The van der Waals surface area contributed by atoms with Gasteiger partial charge in [0.05, 0.1) is 18.3 Å². The maximum Gasteiger partial charge on any atom is 0.330 e. The number of aliphatic hydroxyl groups is 1. The summed E-state index contributed by atoms with van der Waals surface area (Å²) in [6.45, 7) is 12.5. The van der Waals surface area contributed by atoms with Gasteiger partial charge in [-0.2, -0.15) is 0 Å². The maximum atomic E-state index is 12.3. The van der Waals surface area contributed by atoms with E-state index < -0.39 is 37.6 Å². The fourth-order valence-electron chi connectivity index (χ4n) is 2.82. The topological polar surface area (TPSA) is 93.5 Å². The van der Waals surface area contributed by atoms with E-state index in [0.29, 0.717) is 12.3 Å². The molecule has 25 heavy (non-hydrogen) atoms. The third-order valence-electron chi connectivity index (χ3n) is 5.27. The number of H-pyrrole nitrogens is 1. The summed E-state index contributed by atoms with van der Waals surface area (Å²) in [4.78, 5) is 25.9. The molecule has 8 heteroatoms. The van der Waals surface area contributed by atoms with Gasteiger partial charge in [-0.1, -0.05) is 26.9 Å². The van der Waals surface area contributed by atoms with Crippen LogP contribution in [0.4, 0.5) is 0 Å². The van der Waals surface area contributed by atoms with Crippen molar-refractivity contribution in [3.05, 3.63) is 33.1 Å². The second-order valence-electron chi connectivity index (χ2n) is 7.76. The normalized spacial score (nSPS) is 27.4. The van der Waals surface area contributed by atoms with Crippen molar-refractivity contribution >= 4 is 8.80 Å². The molecule has 1 radical (unpaired) electrons. The third kappa shape index (κ3) is 3.97. The molecule has 0 spiro atoms. The Morgan fingerprint density at radius 2 is 2.12 bits per heavy atom. The van der Waals surface area contributed by atoms with Crippen molar-refractivity contribution in [3.8, 4) is 0 Å². The maximum absolute atomic E-state index is 12.3. The van der Waals surface area contributed by atoms with Crippen LogP contribution in [-0.4, -0.2) is 47.9 Å². The average Bonchev–Trinajstić information content (AvgIpc) is 2.83. The van der Waals surface area contributed by atoms with Crippen LogP contribution < -0.4 is 11.2 Å². The SMILES string of the molecule is CC(C)C(C)(C)OC[C@H]1O[C@](n2ccc(=O)[nH]c2=O)([Si](C)C)C[C@@H]1O. The lowest BCUT2D eigenvalue weighted by Gasteiger charge is -2.35. The second kappa shape index (κ2) is 7.18. The van der Waals surface area contributed by atoms with E-state index >= 15 is 0 Å². The molecule has 0 bridgehead atoms. The smallest absolute Gasteiger partial charge is 0.330 e. The Balaban J connectivity index is 2.28. The molecular formula is C17H29N2O5Si. The fourth-order valence-corrected chi connectivity index (χ4v) is 4.48. The lowest BCUT2D eigenvalue weighted by atomic mass is 9.94. The minimum Gasteiger partial charge on any atom is -0.390 e. The number of aliphatic hydroxyl groups excluding tert-OH is 1. The average molecular weight is 370 g/mol. The number of hydrogen-bond donors (Lipinski definition) is 2. The van der Waals surface area contributed by atoms with Crippen LogP contribution in [0.1, 0.15) is 34.1 Å². The van der Waals surface area contributed by atoms with Crippen molar-refractivity contribution in [3.63, 3.8) is 0 Å². The third-order valence-corrected chi connectivity index (χ3v) is 7.39. The summed E-state index contributed by atoms with van der Waals surface area (Å²) >= 11 is 0. The van der Waals surface area contributed by atoms with Crippen molar-refractivity contribution in [1.29, 1.82) is 0 Å². The highest BCUT2D eigenvalue weighted by Crippen LogP contribution is 2.37. The highest BCUT2D eigenvalue weighted by Gasteiger charge is 2.50. The molecule has 1 fully saturated rings. The van der Waals surface area contributed by atoms with Crippen LogP contribution >= 0.6 is 0 Å². The minimum absolute atomic E-state index is 0.251. The van der Waals surface area contributed by atoms with Crippen LogP contribution in [0.25, 0.3) is 0 Å². The summed E-state index contributed by atoms with van der Waals surface area (Å²) in [5.41, 5.74) is -1.31. The molecule has 0 amide bonds. The summed E-state index contributed by atoms with van der Waals surface area (Å²) in [6, 6.07) is 1.30. The van der Waals surface area contributed by atoms with E-state index in [1.165, 1.54) is 16.8 Å². The van der Waals surface area contributed by atoms with Crippen molar-refractivity contribution in [1.82, 2.24) is 9.55 Å². The van der Waals surface area contributed by atoms with E-state index in [9.17, 15) is 14.7 Å². The van der Waals surface area contributed by atoms with Crippen molar-refractivity contribution in [2.24, 2.45) is 5.92 Å². The summed E-state index contributed by atoms with van der Waals surface area (Å²) in [5, 5.41) is 9.62. The number of nitrogens with one attached hydrogen (secondary N) is 1. The number of hydrogen-bond acceptors (Lipinski definition) is 5. The Kier molecular flexibility index (Phi) is 5.77. The zero-order valence-electron chi connectivity index (χ0n) is 15.8. The molecule has 1 aliphatic rings. The van der Waals surface area contributed by atoms with E-state index in [0.717, 1.165) is 0 Å². The van der Waals surface area contributed by atoms with Gasteiger partial charge in [0.2, 0.25) is 0 Å². The van der Waals surface area contributed by atoms with Crippen molar-refractivity contribution in [2.75, 3.05) is 6.61 Å². The number of aromatic amines is 1. The molecule has 0 saturated carbocycles. The summed E-state index contributed by atoms with van der Waals surface area (Å²) in [6.07, 6.45) is 0.502. The van der Waals surface area contributed by atoms with Crippen LogP contribution in [0.5, 0.6) is 0 Å². The molecule has 0 aromatic carbocycles. The quantitative estimate of drug-likeness (QED) is 0.732. The zero-order valence-corrected chi connectivity index (χ0v) is 16.8. The molecule has 1 aromatic heterocycles. The molecule has 2 N–H and O–H groups in total. The van der Waals surface area contributed by atoms with Gasteiger partial charge in [-0.25, -0.2) is 4.79 Å². The van der Waals surface area contributed by atoms with Gasteiger partial charge < -0.3 is 14.6 Å². The lowest BCUT2D eigenvalue weighted by Crippen LogP contribution is -2.52. The molecule has 0 aliphatic carbocycles. The molecule has 1 aliphatic heterocycles. The van der Waals surface area contributed by atoms with Gasteiger partial charge in [-0.05, 0) is 19.8 Å². The van der Waals surface area contributed by atoms with E-state index in [4.69, 9.17) is 9.47 Å². The number of nitrogens with zero attached hydrogens (tertiary/aromatic N) is 1. The van der Waals surface area contributed by atoms with Gasteiger partial charge in [0, 0.05) is 18.7 Å². The Labute approximate surface area is 149 Å². The Hall–Kier alpha value is -1.22. The van der Waals surface area contributed by atoms with Crippen LogP contribution in [0.2, 0.25) is 13.1 Å². The van der Waals surface area contributed by atoms with Crippen molar-refractivity contribution in [2.45, 2.75) is 70.4 Å². The number of ether oxygens (including phenoxy) is 2. The van der Waals surface area contributed by atoms with Gasteiger partial charge >= 0.3 is 5.69 Å². The minimum atomic E-state index is -1.19. The molecule has 2 rings (SSSR count). The largest absolute Gasteiger partial charge is 0.390 e. The Morgan fingerprint density at radius 1 is 1.48 bits per heavy atom. The lowest BCUT2D eigenvalue weighted by molar-refractivity contribution is -0.130. The fraction of sp³-hybridized carbons (Fsp3) is 0.765. The summed E-state index contributed by atoms with van der Waals surface area (Å²) in [7, 11) is -1.19. The van der Waals surface area contributed by atoms with Gasteiger partial charge in [-0.15, -0.1) is 0 Å². The van der Waals surface area contributed by atoms with E-state index in [-0.39, 0.29) is 12.2 Å². The van der Waals surface area contributed by atoms with Gasteiger partial charge in [0.1, 0.15) is 20.2 Å². The highest BCUT2D eigenvalue weighted by atomic mass is 28.3. The van der Waals surface area contributed by atoms with Gasteiger partial charge in [0.15, 0.2) is 0 Å². The van der Waals surface area contributed by atoms with E-state index in [1.54, 1.807) is 0 Å². The molecule has 141 valence electrons. The summed E-state index contributed by atoms with van der Waals surface area (Å²) in [5.74, 6) is 0.314. The van der Waals surface area contributed by atoms with Crippen LogP contribution in [0.15, 0.2) is 21.9 Å². The molecular weight excluding hydrogens is 340 g/mol. The molecule has 0 unspecified atom stereocenters. The predicted octanol–water partition coefficient (Wildman–Crippen LogP) is 1.08. The molecule has 1 saturated heterocycles. The first-order valence-electron chi connectivity index (χ1n) is 8.62. The van der Waals surface area contributed by atoms with Crippen molar-refractivity contribution < 1.29 is 14.6 Å². The van der Waals surface area contributed by atoms with Gasteiger partial charge in [0.25, 0.3) is 5.56 Å². The standard InChI is InChI=1S/C17H29N2O5Si/c1-11(2)16(3,4)23-10-13-12(20)9-17(24-13,25(5)6)19-8-7-14(21)18-15(19)22/h7-8,11-13,20H,9-10H2,1-6H3,(H,18,21,22)/t12-,13+,17-/m0/s1. The molecule has 2 heterocycles. The zero-order chi connectivity index (χ0) is 19.0.